The molecular weight excluding hydrogens is 264 g/mol. The third kappa shape index (κ3) is 3.46. The first-order chi connectivity index (χ1) is 10.1. The fraction of sp³-hybridized carbons (Fsp3) is 0.529. The van der Waals surface area contributed by atoms with Gasteiger partial charge in [-0.05, 0) is 31.9 Å². The van der Waals surface area contributed by atoms with Crippen LogP contribution in [0, 0.1) is 13.8 Å². The summed E-state index contributed by atoms with van der Waals surface area (Å²) in [7, 11) is 0. The van der Waals surface area contributed by atoms with Crippen molar-refractivity contribution in [1.29, 1.82) is 0 Å². The van der Waals surface area contributed by atoms with E-state index in [2.05, 4.69) is 35.9 Å². The van der Waals surface area contributed by atoms with E-state index in [1.54, 1.807) is 0 Å². The van der Waals surface area contributed by atoms with Gasteiger partial charge in [-0.15, -0.1) is 0 Å². The van der Waals surface area contributed by atoms with Crippen molar-refractivity contribution in [1.82, 2.24) is 9.88 Å². The van der Waals surface area contributed by atoms with Crippen LogP contribution in [-0.4, -0.2) is 40.1 Å². The molecule has 0 saturated heterocycles. The molecule has 3 N–H and O–H groups in total. The lowest BCUT2D eigenvalue weighted by Gasteiger charge is -2.19. The van der Waals surface area contributed by atoms with E-state index in [-0.39, 0.29) is 12.6 Å². The predicted molar refractivity (Wildman–Crippen MR) is 86.6 cm³/mol. The van der Waals surface area contributed by atoms with Crippen molar-refractivity contribution in [3.63, 3.8) is 0 Å². The normalized spacial score (nSPS) is 14.5. The van der Waals surface area contributed by atoms with Gasteiger partial charge >= 0.3 is 0 Å². The molecule has 0 aliphatic heterocycles. The van der Waals surface area contributed by atoms with Gasteiger partial charge in [0.05, 0.1) is 19.3 Å². The van der Waals surface area contributed by atoms with Crippen LogP contribution in [0.1, 0.15) is 24.6 Å². The van der Waals surface area contributed by atoms with Crippen molar-refractivity contribution in [2.75, 3.05) is 13.2 Å². The summed E-state index contributed by atoms with van der Waals surface area (Å²) in [6.07, 6.45) is 0.382. The first kappa shape index (κ1) is 16.0. The Morgan fingerprint density at radius 2 is 1.95 bits per heavy atom. The molecule has 116 valence electrons. The fourth-order valence-electron chi connectivity index (χ4n) is 2.76. The summed E-state index contributed by atoms with van der Waals surface area (Å²) in [6, 6.07) is 8.35. The first-order valence-corrected chi connectivity index (χ1v) is 7.65. The summed E-state index contributed by atoms with van der Waals surface area (Å²) in [5.74, 6) is 0. The van der Waals surface area contributed by atoms with Gasteiger partial charge in [-0.25, -0.2) is 0 Å². The zero-order valence-corrected chi connectivity index (χ0v) is 13.1. The van der Waals surface area contributed by atoms with E-state index in [0.29, 0.717) is 13.1 Å². The van der Waals surface area contributed by atoms with Gasteiger partial charge in [0.1, 0.15) is 0 Å². The van der Waals surface area contributed by atoms with Crippen molar-refractivity contribution in [3.8, 4) is 0 Å². The van der Waals surface area contributed by atoms with E-state index in [1.165, 1.54) is 22.2 Å². The molecule has 1 heterocycles. The Morgan fingerprint density at radius 3 is 2.62 bits per heavy atom. The molecule has 0 aliphatic carbocycles. The molecule has 0 radical (unpaired) electrons. The van der Waals surface area contributed by atoms with Gasteiger partial charge in [-0.3, -0.25) is 0 Å². The highest BCUT2D eigenvalue weighted by Gasteiger charge is 2.14. The van der Waals surface area contributed by atoms with E-state index < -0.39 is 6.10 Å². The van der Waals surface area contributed by atoms with Crippen LogP contribution in [0.15, 0.2) is 24.3 Å². The van der Waals surface area contributed by atoms with Gasteiger partial charge in [-0.2, -0.15) is 0 Å². The summed E-state index contributed by atoms with van der Waals surface area (Å²) < 4.78 is 2.18. The molecule has 21 heavy (non-hydrogen) atoms. The molecule has 4 nitrogen and oxygen atoms in total. The van der Waals surface area contributed by atoms with Gasteiger partial charge in [0.2, 0.25) is 0 Å². The molecule has 4 heteroatoms. The number of nitrogens with zero attached hydrogens (tertiary/aromatic N) is 1. The lowest BCUT2D eigenvalue weighted by Crippen LogP contribution is -2.39. The third-order valence-corrected chi connectivity index (χ3v) is 4.30. The summed E-state index contributed by atoms with van der Waals surface area (Å²) >= 11 is 0. The Bertz CT molecular complexity index is 588. The SMILES string of the molecule is CCC(CO)NCC(O)Cn1c(C)c(C)c2ccccc21. The van der Waals surface area contributed by atoms with Gasteiger partial charge in [0, 0.05) is 29.2 Å². The Morgan fingerprint density at radius 1 is 1.24 bits per heavy atom. The number of aromatic nitrogens is 1. The second kappa shape index (κ2) is 7.07. The summed E-state index contributed by atoms with van der Waals surface area (Å²) in [6.45, 7) is 7.40. The topological polar surface area (TPSA) is 57.4 Å². The highest BCUT2D eigenvalue weighted by atomic mass is 16.3. The Hall–Kier alpha value is -1.36. The quantitative estimate of drug-likeness (QED) is 0.731. The number of fused-ring (bicyclic) bond motifs is 1. The minimum atomic E-state index is -0.473. The van der Waals surface area contributed by atoms with Crippen molar-refractivity contribution in [3.05, 3.63) is 35.5 Å². The highest BCUT2D eigenvalue weighted by Crippen LogP contribution is 2.25. The predicted octanol–water partition coefficient (Wildman–Crippen LogP) is 1.98. The maximum Gasteiger partial charge on any atom is 0.0843 e. The highest BCUT2D eigenvalue weighted by molar-refractivity contribution is 5.85. The number of hydrogen-bond donors (Lipinski definition) is 3. The van der Waals surface area contributed by atoms with Crippen LogP contribution in [0.2, 0.25) is 0 Å². The molecule has 0 bridgehead atoms. The van der Waals surface area contributed by atoms with Gasteiger partial charge < -0.3 is 20.1 Å². The molecule has 1 aromatic heterocycles. The van der Waals surface area contributed by atoms with Crippen LogP contribution in [0.5, 0.6) is 0 Å². The molecule has 2 aromatic rings. The van der Waals surface area contributed by atoms with E-state index in [1.807, 2.05) is 19.1 Å². The monoisotopic (exact) mass is 290 g/mol. The van der Waals surface area contributed by atoms with Crippen LogP contribution in [-0.2, 0) is 6.54 Å². The molecule has 2 rings (SSSR count). The van der Waals surface area contributed by atoms with Gasteiger partial charge in [0.25, 0.3) is 0 Å². The number of para-hydroxylation sites is 1. The number of nitrogens with one attached hydrogen (secondary N) is 1. The summed E-state index contributed by atoms with van der Waals surface area (Å²) in [5, 5.41) is 23.9. The van der Waals surface area contributed by atoms with Crippen LogP contribution >= 0.6 is 0 Å². The second-order valence-electron chi connectivity index (χ2n) is 5.69. The molecular formula is C17H26N2O2. The van der Waals surface area contributed by atoms with E-state index in [0.717, 1.165) is 6.42 Å². The Balaban J connectivity index is 2.11. The molecule has 0 fully saturated rings. The number of aliphatic hydroxyl groups excluding tert-OH is 2. The maximum absolute atomic E-state index is 10.3. The molecule has 2 unspecified atom stereocenters. The molecule has 0 amide bonds. The van der Waals surface area contributed by atoms with E-state index in [4.69, 9.17) is 5.11 Å². The van der Waals surface area contributed by atoms with Crippen molar-refractivity contribution in [2.45, 2.75) is 45.9 Å². The summed E-state index contributed by atoms with van der Waals surface area (Å²) in [5.41, 5.74) is 3.64. The van der Waals surface area contributed by atoms with Gasteiger partial charge in [-0.1, -0.05) is 25.1 Å². The second-order valence-corrected chi connectivity index (χ2v) is 5.69. The molecule has 0 saturated carbocycles. The molecule has 2 atom stereocenters. The third-order valence-electron chi connectivity index (χ3n) is 4.30. The molecule has 0 aliphatic rings. The number of rotatable bonds is 7. The van der Waals surface area contributed by atoms with E-state index in [9.17, 15) is 5.11 Å². The summed E-state index contributed by atoms with van der Waals surface area (Å²) in [4.78, 5) is 0. The smallest absolute Gasteiger partial charge is 0.0843 e. The lowest BCUT2D eigenvalue weighted by atomic mass is 10.2. The van der Waals surface area contributed by atoms with Crippen molar-refractivity contribution in [2.24, 2.45) is 0 Å². The zero-order valence-electron chi connectivity index (χ0n) is 13.1. The number of aliphatic hydroxyl groups is 2. The van der Waals surface area contributed by atoms with Crippen LogP contribution in [0.25, 0.3) is 10.9 Å². The first-order valence-electron chi connectivity index (χ1n) is 7.65. The maximum atomic E-state index is 10.3. The van der Waals surface area contributed by atoms with Gasteiger partial charge in [0.15, 0.2) is 0 Å². The van der Waals surface area contributed by atoms with Crippen molar-refractivity contribution >= 4 is 10.9 Å². The number of hydrogen-bond acceptors (Lipinski definition) is 3. The average Bonchev–Trinajstić information content (AvgIpc) is 2.74. The minimum absolute atomic E-state index is 0.0592. The largest absolute Gasteiger partial charge is 0.395 e. The number of aryl methyl sites for hydroxylation is 1. The Kier molecular flexibility index (Phi) is 5.39. The molecule has 0 spiro atoms. The minimum Gasteiger partial charge on any atom is -0.395 e. The zero-order chi connectivity index (χ0) is 15.4. The van der Waals surface area contributed by atoms with E-state index >= 15 is 0 Å². The average molecular weight is 290 g/mol. The standard InChI is InChI=1S/C17H26N2O2/c1-4-14(11-20)18-9-15(21)10-19-13(3)12(2)16-7-5-6-8-17(16)19/h5-8,14-15,18,20-21H,4,9-11H2,1-3H3. The van der Waals surface area contributed by atoms with Crippen LogP contribution in [0.3, 0.4) is 0 Å². The lowest BCUT2D eigenvalue weighted by molar-refractivity contribution is 0.139. The molecule has 1 aromatic carbocycles. The number of benzene rings is 1. The Labute approximate surface area is 126 Å². The van der Waals surface area contributed by atoms with Crippen molar-refractivity contribution < 1.29 is 10.2 Å². The fourth-order valence-corrected chi connectivity index (χ4v) is 2.76. The van der Waals surface area contributed by atoms with Crippen LogP contribution < -0.4 is 5.32 Å². The van der Waals surface area contributed by atoms with Crippen LogP contribution in [0.4, 0.5) is 0 Å².